The fraction of sp³-hybridized carbons (Fsp3) is 0.190. The minimum Gasteiger partial charge on any atom is -0.322 e. The van der Waals surface area contributed by atoms with E-state index in [0.29, 0.717) is 29.8 Å². The monoisotopic (exact) mass is 346 g/mol. The second-order valence-corrected chi connectivity index (χ2v) is 6.53. The van der Waals surface area contributed by atoms with Gasteiger partial charge in [0.2, 0.25) is 11.8 Å². The summed E-state index contributed by atoms with van der Waals surface area (Å²) in [6.45, 7) is 0. The highest BCUT2D eigenvalue weighted by molar-refractivity contribution is 6.22. The van der Waals surface area contributed by atoms with Crippen molar-refractivity contribution in [3.63, 3.8) is 0 Å². The molecule has 3 amide bonds. The molecule has 1 fully saturated rings. The summed E-state index contributed by atoms with van der Waals surface area (Å²) in [6, 6.07) is 15.8. The van der Waals surface area contributed by atoms with Crippen LogP contribution in [0.5, 0.6) is 0 Å². The molecule has 130 valence electrons. The van der Waals surface area contributed by atoms with Gasteiger partial charge in [0.05, 0.1) is 17.5 Å². The van der Waals surface area contributed by atoms with Crippen LogP contribution in [0, 0.1) is 11.8 Å². The molecule has 0 bridgehead atoms. The fourth-order valence-electron chi connectivity index (χ4n) is 3.54. The quantitative estimate of drug-likeness (QED) is 0.684. The first-order valence-corrected chi connectivity index (χ1v) is 8.64. The Morgan fingerprint density at radius 1 is 0.846 bits per heavy atom. The Morgan fingerprint density at radius 3 is 2.00 bits per heavy atom. The predicted octanol–water partition coefficient (Wildman–Crippen LogP) is 3.39. The van der Waals surface area contributed by atoms with Crippen LogP contribution in [0.4, 0.5) is 11.4 Å². The van der Waals surface area contributed by atoms with Gasteiger partial charge in [-0.3, -0.25) is 19.3 Å². The van der Waals surface area contributed by atoms with Crippen molar-refractivity contribution in [2.45, 2.75) is 12.8 Å². The Morgan fingerprint density at radius 2 is 1.42 bits per heavy atom. The number of para-hydroxylation sites is 1. The molecule has 1 aliphatic heterocycles. The molecule has 5 heteroatoms. The van der Waals surface area contributed by atoms with Crippen molar-refractivity contribution in [3.8, 4) is 0 Å². The summed E-state index contributed by atoms with van der Waals surface area (Å²) in [5.41, 5.74) is 1.70. The van der Waals surface area contributed by atoms with E-state index >= 15 is 0 Å². The van der Waals surface area contributed by atoms with E-state index in [1.54, 1.807) is 24.3 Å². The van der Waals surface area contributed by atoms with Crippen LogP contribution in [0.1, 0.15) is 23.2 Å². The number of amides is 3. The lowest BCUT2D eigenvalue weighted by Gasteiger charge is -2.15. The molecule has 4 rings (SSSR count). The molecule has 0 unspecified atom stereocenters. The number of benzene rings is 2. The molecular formula is C21H18N2O3. The smallest absolute Gasteiger partial charge is 0.255 e. The van der Waals surface area contributed by atoms with E-state index in [9.17, 15) is 14.4 Å². The molecule has 1 aliphatic carbocycles. The van der Waals surface area contributed by atoms with E-state index in [1.165, 1.54) is 4.90 Å². The van der Waals surface area contributed by atoms with Gasteiger partial charge in [0.25, 0.3) is 5.91 Å². The lowest BCUT2D eigenvalue weighted by atomic mass is 9.85. The summed E-state index contributed by atoms with van der Waals surface area (Å²) >= 11 is 0. The topological polar surface area (TPSA) is 66.5 Å². The molecule has 0 radical (unpaired) electrons. The number of carbonyl (C=O) groups is 3. The highest BCUT2D eigenvalue weighted by Crippen LogP contribution is 2.37. The molecule has 0 spiro atoms. The van der Waals surface area contributed by atoms with Gasteiger partial charge in [0.15, 0.2) is 0 Å². The van der Waals surface area contributed by atoms with Gasteiger partial charge >= 0.3 is 0 Å². The molecule has 0 saturated carbocycles. The molecule has 5 nitrogen and oxygen atoms in total. The standard InChI is InChI=1S/C21H18N2O3/c24-19(22-15-6-2-1-3-7-15)14-10-12-16(13-11-14)23-20(25)17-8-4-5-9-18(17)21(23)26/h1-7,10-13,17-18H,8-9H2,(H,22,24)/t17-,18+. The van der Waals surface area contributed by atoms with Gasteiger partial charge in [0, 0.05) is 11.3 Å². The average Bonchev–Trinajstić information content (AvgIpc) is 2.94. The van der Waals surface area contributed by atoms with Gasteiger partial charge in [0.1, 0.15) is 0 Å². The zero-order valence-corrected chi connectivity index (χ0v) is 14.1. The van der Waals surface area contributed by atoms with Crippen LogP contribution in [0.3, 0.4) is 0 Å². The van der Waals surface area contributed by atoms with Crippen molar-refractivity contribution in [1.82, 2.24) is 0 Å². The van der Waals surface area contributed by atoms with Crippen molar-refractivity contribution >= 4 is 29.1 Å². The second-order valence-electron chi connectivity index (χ2n) is 6.53. The predicted molar refractivity (Wildman–Crippen MR) is 98.7 cm³/mol. The molecule has 1 saturated heterocycles. The van der Waals surface area contributed by atoms with Crippen LogP contribution < -0.4 is 10.2 Å². The summed E-state index contributed by atoms with van der Waals surface area (Å²) in [6.07, 6.45) is 5.16. The summed E-state index contributed by atoms with van der Waals surface area (Å²) < 4.78 is 0. The summed E-state index contributed by atoms with van der Waals surface area (Å²) in [4.78, 5) is 38.8. The maximum absolute atomic E-state index is 12.6. The number of allylic oxidation sites excluding steroid dienone is 2. The molecular weight excluding hydrogens is 328 g/mol. The first-order chi connectivity index (χ1) is 12.6. The Balaban J connectivity index is 1.52. The van der Waals surface area contributed by atoms with Crippen LogP contribution in [0.25, 0.3) is 0 Å². The third-order valence-corrected chi connectivity index (χ3v) is 4.93. The molecule has 2 aromatic rings. The number of hydrogen-bond donors (Lipinski definition) is 1. The summed E-state index contributed by atoms with van der Waals surface area (Å²) in [7, 11) is 0. The minimum atomic E-state index is -0.256. The number of rotatable bonds is 3. The zero-order chi connectivity index (χ0) is 18.1. The number of carbonyl (C=O) groups excluding carboxylic acids is 3. The lowest BCUT2D eigenvalue weighted by Crippen LogP contribution is -2.30. The van der Waals surface area contributed by atoms with E-state index in [1.807, 2.05) is 42.5 Å². The van der Waals surface area contributed by atoms with Crippen molar-refractivity contribution in [2.75, 3.05) is 10.2 Å². The van der Waals surface area contributed by atoms with Gasteiger partial charge in [-0.05, 0) is 49.2 Å². The van der Waals surface area contributed by atoms with Crippen molar-refractivity contribution in [2.24, 2.45) is 11.8 Å². The average molecular weight is 346 g/mol. The van der Waals surface area contributed by atoms with Crippen LogP contribution in [-0.4, -0.2) is 17.7 Å². The third kappa shape index (κ3) is 2.81. The normalized spacial score (nSPS) is 21.6. The van der Waals surface area contributed by atoms with E-state index in [-0.39, 0.29) is 29.6 Å². The molecule has 2 atom stereocenters. The number of nitrogens with one attached hydrogen (secondary N) is 1. The fourth-order valence-corrected chi connectivity index (χ4v) is 3.54. The molecule has 2 aliphatic rings. The Bertz CT molecular complexity index is 861. The third-order valence-electron chi connectivity index (χ3n) is 4.93. The number of fused-ring (bicyclic) bond motifs is 1. The van der Waals surface area contributed by atoms with E-state index < -0.39 is 0 Å². The lowest BCUT2D eigenvalue weighted by molar-refractivity contribution is -0.122. The number of nitrogens with zero attached hydrogens (tertiary/aromatic N) is 1. The SMILES string of the molecule is O=C(Nc1ccccc1)c1ccc(N2C(=O)[C@H]3CC=CC[C@H]3C2=O)cc1. The van der Waals surface area contributed by atoms with Crippen LogP contribution in [0.15, 0.2) is 66.7 Å². The van der Waals surface area contributed by atoms with Crippen LogP contribution in [0.2, 0.25) is 0 Å². The minimum absolute atomic E-state index is 0.147. The maximum atomic E-state index is 12.6. The maximum Gasteiger partial charge on any atom is 0.255 e. The number of hydrogen-bond acceptors (Lipinski definition) is 3. The van der Waals surface area contributed by atoms with Gasteiger partial charge in [-0.2, -0.15) is 0 Å². The van der Waals surface area contributed by atoms with E-state index in [0.717, 1.165) is 0 Å². The molecule has 1 heterocycles. The number of imide groups is 1. The summed E-state index contributed by atoms with van der Waals surface area (Å²) in [5.74, 6) is -1.04. The molecule has 0 aromatic heterocycles. The summed E-state index contributed by atoms with van der Waals surface area (Å²) in [5, 5.41) is 2.81. The largest absolute Gasteiger partial charge is 0.322 e. The van der Waals surface area contributed by atoms with Crippen molar-refractivity contribution < 1.29 is 14.4 Å². The molecule has 2 aromatic carbocycles. The second kappa shape index (κ2) is 6.59. The van der Waals surface area contributed by atoms with Crippen molar-refractivity contribution in [1.29, 1.82) is 0 Å². The highest BCUT2D eigenvalue weighted by Gasteiger charge is 2.47. The van der Waals surface area contributed by atoms with E-state index in [2.05, 4.69) is 5.32 Å². The Hall–Kier alpha value is -3.21. The van der Waals surface area contributed by atoms with Crippen molar-refractivity contribution in [3.05, 3.63) is 72.3 Å². The van der Waals surface area contributed by atoms with Gasteiger partial charge in [-0.15, -0.1) is 0 Å². The molecule has 1 N–H and O–H groups in total. The number of anilines is 2. The first-order valence-electron chi connectivity index (χ1n) is 8.64. The van der Waals surface area contributed by atoms with Crippen LogP contribution in [-0.2, 0) is 9.59 Å². The van der Waals surface area contributed by atoms with Gasteiger partial charge < -0.3 is 5.32 Å². The molecule has 26 heavy (non-hydrogen) atoms. The van der Waals surface area contributed by atoms with Gasteiger partial charge in [-0.1, -0.05) is 30.4 Å². The van der Waals surface area contributed by atoms with E-state index in [4.69, 9.17) is 0 Å². The highest BCUT2D eigenvalue weighted by atomic mass is 16.2. The first kappa shape index (κ1) is 16.3. The zero-order valence-electron chi connectivity index (χ0n) is 14.1. The Labute approximate surface area is 151 Å². The van der Waals surface area contributed by atoms with Gasteiger partial charge in [-0.25, -0.2) is 0 Å². The Kier molecular flexibility index (Phi) is 4.13. The van der Waals surface area contributed by atoms with Crippen LogP contribution >= 0.6 is 0 Å².